The van der Waals surface area contributed by atoms with Gasteiger partial charge in [0.25, 0.3) is 0 Å². The van der Waals surface area contributed by atoms with Gasteiger partial charge in [-0.1, -0.05) is 54.4 Å². The molecular formula is C15H32S. The topological polar surface area (TPSA) is 0 Å². The Morgan fingerprint density at radius 2 is 1.56 bits per heavy atom. The van der Waals surface area contributed by atoms with Gasteiger partial charge in [-0.3, -0.25) is 0 Å². The predicted octanol–water partition coefficient (Wildman–Crippen LogP) is 5.62. The van der Waals surface area contributed by atoms with E-state index in [0.29, 0.717) is 0 Å². The fourth-order valence-corrected chi connectivity index (χ4v) is 3.81. The minimum absolute atomic E-state index is 0.825. The molecule has 3 unspecified atom stereocenters. The quantitative estimate of drug-likeness (QED) is 0.507. The maximum Gasteiger partial charge on any atom is 0.00983 e. The molecular weight excluding hydrogens is 212 g/mol. The highest BCUT2D eigenvalue weighted by Crippen LogP contribution is 2.34. The normalized spacial score (nSPS) is 17.4. The van der Waals surface area contributed by atoms with Crippen LogP contribution in [0.3, 0.4) is 0 Å². The summed E-state index contributed by atoms with van der Waals surface area (Å²) >= 11 is 2.21. The molecule has 0 radical (unpaired) electrons. The number of rotatable bonds is 9. The summed E-state index contributed by atoms with van der Waals surface area (Å²) in [5, 5.41) is 0.874. The largest absolute Gasteiger partial charge is 0.158 e. The molecule has 0 aromatic rings. The van der Waals surface area contributed by atoms with Gasteiger partial charge in [0.2, 0.25) is 0 Å². The van der Waals surface area contributed by atoms with Gasteiger partial charge in [0, 0.05) is 5.25 Å². The third-order valence-corrected chi connectivity index (χ3v) is 5.52. The lowest BCUT2D eigenvalue weighted by Gasteiger charge is -2.31. The van der Waals surface area contributed by atoms with Crippen LogP contribution >= 0.6 is 11.8 Å². The molecule has 0 fully saturated rings. The minimum atomic E-state index is 0.825. The van der Waals surface area contributed by atoms with Gasteiger partial charge in [0.15, 0.2) is 0 Å². The predicted molar refractivity (Wildman–Crippen MR) is 79.2 cm³/mol. The third kappa shape index (κ3) is 6.18. The maximum atomic E-state index is 2.41. The molecule has 0 heterocycles. The van der Waals surface area contributed by atoms with E-state index in [1.165, 1.54) is 31.4 Å². The van der Waals surface area contributed by atoms with Gasteiger partial charge >= 0.3 is 0 Å². The first kappa shape index (κ1) is 16.4. The molecule has 0 aliphatic rings. The zero-order chi connectivity index (χ0) is 12.6. The van der Waals surface area contributed by atoms with E-state index in [9.17, 15) is 0 Å². The van der Waals surface area contributed by atoms with E-state index in [0.717, 1.165) is 23.0 Å². The first-order chi connectivity index (χ1) is 7.56. The van der Waals surface area contributed by atoms with Crippen molar-refractivity contribution in [2.75, 3.05) is 5.75 Å². The molecule has 0 nitrogen and oxygen atoms in total. The van der Waals surface area contributed by atoms with Crippen molar-refractivity contribution in [3.05, 3.63) is 0 Å². The number of hydrogen-bond donors (Lipinski definition) is 0. The Labute approximate surface area is 108 Å². The number of thioether (sulfide) groups is 1. The first-order valence-corrected chi connectivity index (χ1v) is 8.23. The standard InChI is InChI=1S/C15H32S/c1-7-10-16-15(12(4)5)14(9-3)11-13(6)8-2/h12-15H,7-11H2,1-6H3. The van der Waals surface area contributed by atoms with Crippen molar-refractivity contribution < 1.29 is 0 Å². The van der Waals surface area contributed by atoms with Crippen molar-refractivity contribution in [3.63, 3.8) is 0 Å². The highest BCUT2D eigenvalue weighted by molar-refractivity contribution is 7.99. The average molecular weight is 244 g/mol. The lowest BCUT2D eigenvalue weighted by atomic mass is 9.85. The molecule has 0 N–H and O–H groups in total. The van der Waals surface area contributed by atoms with Gasteiger partial charge in [-0.05, 0) is 36.3 Å². The van der Waals surface area contributed by atoms with Crippen LogP contribution in [0.4, 0.5) is 0 Å². The van der Waals surface area contributed by atoms with Crippen LogP contribution in [0.5, 0.6) is 0 Å². The fourth-order valence-electron chi connectivity index (χ4n) is 2.34. The molecule has 98 valence electrons. The van der Waals surface area contributed by atoms with E-state index >= 15 is 0 Å². The van der Waals surface area contributed by atoms with Gasteiger partial charge in [-0.15, -0.1) is 0 Å². The summed E-state index contributed by atoms with van der Waals surface area (Å²) in [7, 11) is 0. The lowest BCUT2D eigenvalue weighted by molar-refractivity contribution is 0.330. The Morgan fingerprint density at radius 3 is 1.94 bits per heavy atom. The summed E-state index contributed by atoms with van der Waals surface area (Å²) in [6, 6.07) is 0. The fraction of sp³-hybridized carbons (Fsp3) is 1.00. The van der Waals surface area contributed by atoms with Gasteiger partial charge in [0.05, 0.1) is 0 Å². The van der Waals surface area contributed by atoms with Crippen molar-refractivity contribution in [1.29, 1.82) is 0 Å². The van der Waals surface area contributed by atoms with Gasteiger partial charge in [0.1, 0.15) is 0 Å². The van der Waals surface area contributed by atoms with E-state index in [1.807, 2.05) is 0 Å². The second-order valence-electron chi connectivity index (χ2n) is 5.50. The summed E-state index contributed by atoms with van der Waals surface area (Å²) in [4.78, 5) is 0. The minimum Gasteiger partial charge on any atom is -0.158 e. The van der Waals surface area contributed by atoms with Crippen molar-refractivity contribution in [2.24, 2.45) is 17.8 Å². The molecule has 0 spiro atoms. The van der Waals surface area contributed by atoms with E-state index in [1.54, 1.807) is 0 Å². The summed E-state index contributed by atoms with van der Waals surface area (Å²) in [6.07, 6.45) is 5.42. The van der Waals surface area contributed by atoms with E-state index in [-0.39, 0.29) is 0 Å². The second-order valence-corrected chi connectivity index (χ2v) is 6.78. The Balaban J connectivity index is 4.32. The summed E-state index contributed by atoms with van der Waals surface area (Å²) < 4.78 is 0. The van der Waals surface area contributed by atoms with Crippen molar-refractivity contribution >= 4 is 11.8 Å². The zero-order valence-corrected chi connectivity index (χ0v) is 13.1. The molecule has 0 aromatic heterocycles. The van der Waals surface area contributed by atoms with Crippen molar-refractivity contribution in [3.8, 4) is 0 Å². The Bertz CT molecular complexity index is 154. The SMILES string of the molecule is CCCSC(C(C)C)C(CC)CC(C)CC. The van der Waals surface area contributed by atoms with Crippen LogP contribution in [0.2, 0.25) is 0 Å². The number of hydrogen-bond acceptors (Lipinski definition) is 1. The second kappa shape index (κ2) is 9.39. The van der Waals surface area contributed by atoms with Crippen LogP contribution < -0.4 is 0 Å². The molecule has 3 atom stereocenters. The average Bonchev–Trinajstić information content (AvgIpc) is 2.27. The van der Waals surface area contributed by atoms with Crippen LogP contribution in [0, 0.1) is 17.8 Å². The highest BCUT2D eigenvalue weighted by atomic mass is 32.2. The van der Waals surface area contributed by atoms with Gasteiger partial charge in [-0.25, -0.2) is 0 Å². The molecule has 0 aliphatic carbocycles. The van der Waals surface area contributed by atoms with Crippen LogP contribution in [-0.2, 0) is 0 Å². The van der Waals surface area contributed by atoms with Gasteiger partial charge in [-0.2, -0.15) is 11.8 Å². The molecule has 0 saturated heterocycles. The molecule has 0 aliphatic heterocycles. The monoisotopic (exact) mass is 244 g/mol. The molecule has 0 amide bonds. The summed E-state index contributed by atoms with van der Waals surface area (Å²) in [5.41, 5.74) is 0. The van der Waals surface area contributed by atoms with Crippen molar-refractivity contribution in [1.82, 2.24) is 0 Å². The van der Waals surface area contributed by atoms with Crippen molar-refractivity contribution in [2.45, 2.75) is 72.5 Å². The molecule has 0 saturated carbocycles. The van der Waals surface area contributed by atoms with Gasteiger partial charge < -0.3 is 0 Å². The zero-order valence-electron chi connectivity index (χ0n) is 12.3. The van der Waals surface area contributed by atoms with E-state index in [4.69, 9.17) is 0 Å². The maximum absolute atomic E-state index is 2.41. The lowest BCUT2D eigenvalue weighted by Crippen LogP contribution is -2.25. The van der Waals surface area contributed by atoms with Crippen LogP contribution in [0.15, 0.2) is 0 Å². The first-order valence-electron chi connectivity index (χ1n) is 7.18. The van der Waals surface area contributed by atoms with Crippen LogP contribution in [-0.4, -0.2) is 11.0 Å². The molecule has 0 aromatic carbocycles. The molecule has 0 bridgehead atoms. The van der Waals surface area contributed by atoms with E-state index in [2.05, 4.69) is 53.3 Å². The molecule has 0 rings (SSSR count). The third-order valence-electron chi connectivity index (χ3n) is 3.56. The Kier molecular flexibility index (Phi) is 9.59. The molecule has 1 heteroatoms. The van der Waals surface area contributed by atoms with Crippen LogP contribution in [0.25, 0.3) is 0 Å². The summed E-state index contributed by atoms with van der Waals surface area (Å²) in [6.45, 7) is 14.2. The summed E-state index contributed by atoms with van der Waals surface area (Å²) in [5.74, 6) is 3.98. The molecule has 16 heavy (non-hydrogen) atoms. The Hall–Kier alpha value is 0.350. The highest BCUT2D eigenvalue weighted by Gasteiger charge is 2.24. The smallest absolute Gasteiger partial charge is 0.00983 e. The Morgan fingerprint density at radius 1 is 0.938 bits per heavy atom. The van der Waals surface area contributed by atoms with E-state index < -0.39 is 0 Å². The van der Waals surface area contributed by atoms with Crippen LogP contribution in [0.1, 0.15) is 67.2 Å².